The van der Waals surface area contributed by atoms with Gasteiger partial charge in [0.15, 0.2) is 0 Å². The van der Waals surface area contributed by atoms with Crippen molar-refractivity contribution in [2.75, 3.05) is 18.0 Å². The van der Waals surface area contributed by atoms with Crippen LogP contribution in [0.4, 0.5) is 10.1 Å². The Morgan fingerprint density at radius 2 is 1.85 bits per heavy atom. The van der Waals surface area contributed by atoms with Gasteiger partial charge in [0.1, 0.15) is 17.2 Å². The number of rotatable bonds is 2. The van der Waals surface area contributed by atoms with E-state index in [1.807, 2.05) is 19.2 Å². The number of hydrogen-bond donors (Lipinski definition) is 3. The van der Waals surface area contributed by atoms with Gasteiger partial charge in [-0.15, -0.1) is 0 Å². The fraction of sp³-hybridized carbons (Fsp3) is 0.231. The van der Waals surface area contributed by atoms with Crippen LogP contribution in [-0.2, 0) is 0 Å². The van der Waals surface area contributed by atoms with Crippen LogP contribution in [0.25, 0.3) is 44.0 Å². The molecule has 1 aliphatic rings. The van der Waals surface area contributed by atoms with Crippen molar-refractivity contribution in [3.05, 3.63) is 64.3 Å². The number of anilines is 1. The lowest BCUT2D eigenvalue weighted by Gasteiger charge is -2.29. The first-order valence-corrected chi connectivity index (χ1v) is 11.2. The number of nitrogens with zero attached hydrogens (tertiary/aromatic N) is 2. The molecule has 0 atom stereocenters. The number of phenolic OH excluding ortho intramolecular Hbond substituents is 1. The van der Waals surface area contributed by atoms with Crippen molar-refractivity contribution < 1.29 is 9.50 Å². The minimum atomic E-state index is -0.592. The van der Waals surface area contributed by atoms with Crippen molar-refractivity contribution in [3.8, 4) is 17.0 Å². The lowest BCUT2D eigenvalue weighted by atomic mass is 9.98. The van der Waals surface area contributed by atoms with Gasteiger partial charge >= 0.3 is 0 Å². The third kappa shape index (κ3) is 3.15. The van der Waals surface area contributed by atoms with Gasteiger partial charge in [-0.05, 0) is 56.0 Å². The van der Waals surface area contributed by atoms with E-state index in [0.29, 0.717) is 22.3 Å². The molecule has 1 aliphatic heterocycles. The third-order valence-electron chi connectivity index (χ3n) is 6.64. The summed E-state index contributed by atoms with van der Waals surface area (Å²) in [5, 5.41) is 12.9. The number of aromatic nitrogens is 3. The van der Waals surface area contributed by atoms with Gasteiger partial charge in [0.2, 0.25) is 0 Å². The monoisotopic (exact) mass is 442 g/mol. The largest absolute Gasteiger partial charge is 0.508 e. The van der Waals surface area contributed by atoms with Crippen LogP contribution in [-0.4, -0.2) is 33.1 Å². The number of halogens is 1. The molecule has 0 saturated carbocycles. The van der Waals surface area contributed by atoms with Crippen LogP contribution in [0.1, 0.15) is 24.8 Å². The molecule has 5 aromatic rings. The van der Waals surface area contributed by atoms with E-state index >= 15 is 0 Å². The zero-order chi connectivity index (χ0) is 22.7. The van der Waals surface area contributed by atoms with E-state index in [4.69, 9.17) is 0 Å². The summed E-state index contributed by atoms with van der Waals surface area (Å²) in [5.74, 6) is -0.808. The maximum Gasteiger partial charge on any atom is 0.258 e. The molecule has 33 heavy (non-hydrogen) atoms. The van der Waals surface area contributed by atoms with E-state index < -0.39 is 5.82 Å². The normalized spacial score (nSPS) is 14.5. The molecule has 6 nitrogen and oxygen atoms in total. The molecule has 6 rings (SSSR count). The predicted molar refractivity (Wildman–Crippen MR) is 130 cm³/mol. The SMILES string of the molecule is Cc1c[nH]c2nc(-c3cc(O)cc(F)c3)c3c(=O)[nH]c4cc(N5CCCCC5)ccc4c3c12. The average Bonchev–Trinajstić information content (AvgIpc) is 3.18. The van der Waals surface area contributed by atoms with E-state index in [-0.39, 0.29) is 11.3 Å². The van der Waals surface area contributed by atoms with Gasteiger partial charge in [-0.2, -0.15) is 0 Å². The van der Waals surface area contributed by atoms with Crippen LogP contribution < -0.4 is 10.5 Å². The molecule has 3 aromatic heterocycles. The minimum absolute atomic E-state index is 0.217. The van der Waals surface area contributed by atoms with Gasteiger partial charge < -0.3 is 20.0 Å². The number of pyridine rings is 2. The third-order valence-corrected chi connectivity index (χ3v) is 6.64. The zero-order valence-corrected chi connectivity index (χ0v) is 18.2. The fourth-order valence-electron chi connectivity index (χ4n) is 5.12. The number of benzene rings is 2. The molecule has 4 heterocycles. The van der Waals surface area contributed by atoms with Gasteiger partial charge in [-0.3, -0.25) is 4.79 Å². The number of aromatic hydroxyl groups is 1. The smallest absolute Gasteiger partial charge is 0.258 e. The van der Waals surface area contributed by atoms with E-state index in [0.717, 1.165) is 52.1 Å². The second-order valence-corrected chi connectivity index (χ2v) is 8.84. The highest BCUT2D eigenvalue weighted by molar-refractivity contribution is 6.22. The molecule has 2 aromatic carbocycles. The molecule has 0 bridgehead atoms. The first-order chi connectivity index (χ1) is 16.0. The standard InChI is InChI=1S/C26H23FN4O2/c1-14-13-28-25-21(14)22-19-6-5-17(31-7-3-2-4-8-31)12-20(19)29-26(33)23(22)24(30-25)15-9-16(27)11-18(32)10-15/h5-6,9-13,32H,2-4,7-8H2,1H3,(H,28,30)(H,29,33). The Kier molecular flexibility index (Phi) is 4.40. The number of nitrogens with one attached hydrogen (secondary N) is 2. The molecule has 166 valence electrons. The van der Waals surface area contributed by atoms with Crippen molar-refractivity contribution in [1.82, 2.24) is 15.0 Å². The van der Waals surface area contributed by atoms with E-state index in [1.165, 1.54) is 31.4 Å². The van der Waals surface area contributed by atoms with Crippen molar-refractivity contribution in [2.24, 2.45) is 0 Å². The Morgan fingerprint density at radius 1 is 1.03 bits per heavy atom. The Morgan fingerprint density at radius 3 is 2.64 bits per heavy atom. The molecule has 1 saturated heterocycles. The van der Waals surface area contributed by atoms with Crippen molar-refractivity contribution in [2.45, 2.75) is 26.2 Å². The summed E-state index contributed by atoms with van der Waals surface area (Å²) in [6.45, 7) is 4.01. The summed E-state index contributed by atoms with van der Waals surface area (Å²) >= 11 is 0. The average molecular weight is 442 g/mol. The van der Waals surface area contributed by atoms with Crippen LogP contribution in [0.15, 0.2) is 47.4 Å². The van der Waals surface area contributed by atoms with Crippen LogP contribution in [0.2, 0.25) is 0 Å². The van der Waals surface area contributed by atoms with Crippen LogP contribution in [0.3, 0.4) is 0 Å². The van der Waals surface area contributed by atoms with Crippen molar-refractivity contribution in [3.63, 3.8) is 0 Å². The van der Waals surface area contributed by atoms with Gasteiger partial charge in [0.25, 0.3) is 5.56 Å². The summed E-state index contributed by atoms with van der Waals surface area (Å²) in [6, 6.07) is 9.94. The number of phenols is 1. The molecule has 0 amide bonds. The van der Waals surface area contributed by atoms with Gasteiger partial charge in [0.05, 0.1) is 16.6 Å². The van der Waals surface area contributed by atoms with Crippen LogP contribution in [0, 0.1) is 12.7 Å². The summed E-state index contributed by atoms with van der Waals surface area (Å²) in [4.78, 5) is 26.7. The second kappa shape index (κ2) is 7.33. The van der Waals surface area contributed by atoms with Crippen molar-refractivity contribution >= 4 is 38.4 Å². The molecule has 7 heteroatoms. The fourth-order valence-corrected chi connectivity index (χ4v) is 5.12. The number of aromatic amines is 2. The maximum atomic E-state index is 14.1. The van der Waals surface area contributed by atoms with Gasteiger partial charge in [0, 0.05) is 52.8 Å². The van der Waals surface area contributed by atoms with E-state index in [1.54, 1.807) is 0 Å². The van der Waals surface area contributed by atoms with Crippen LogP contribution >= 0.6 is 0 Å². The summed E-state index contributed by atoms with van der Waals surface area (Å²) in [5.41, 5.74) is 3.84. The highest BCUT2D eigenvalue weighted by atomic mass is 19.1. The molecular weight excluding hydrogens is 419 g/mol. The molecule has 0 aliphatic carbocycles. The zero-order valence-electron chi connectivity index (χ0n) is 18.2. The minimum Gasteiger partial charge on any atom is -0.508 e. The first-order valence-electron chi connectivity index (χ1n) is 11.2. The Balaban J connectivity index is 1.71. The summed E-state index contributed by atoms with van der Waals surface area (Å²) in [7, 11) is 0. The van der Waals surface area contributed by atoms with Crippen molar-refractivity contribution in [1.29, 1.82) is 0 Å². The highest BCUT2D eigenvalue weighted by Gasteiger charge is 2.20. The summed E-state index contributed by atoms with van der Waals surface area (Å²) < 4.78 is 14.1. The number of H-pyrrole nitrogens is 2. The number of hydrogen-bond acceptors (Lipinski definition) is 4. The van der Waals surface area contributed by atoms with E-state index in [9.17, 15) is 14.3 Å². The molecular formula is C26H23FN4O2. The van der Waals surface area contributed by atoms with Gasteiger partial charge in [-0.1, -0.05) is 6.07 Å². The lowest BCUT2D eigenvalue weighted by molar-refractivity contribution is 0.469. The highest BCUT2D eigenvalue weighted by Crippen LogP contribution is 2.37. The van der Waals surface area contributed by atoms with Crippen LogP contribution in [0.5, 0.6) is 5.75 Å². The Labute approximate surface area is 188 Å². The van der Waals surface area contributed by atoms with E-state index in [2.05, 4.69) is 32.0 Å². The quantitative estimate of drug-likeness (QED) is 0.321. The predicted octanol–water partition coefficient (Wildman–Crippen LogP) is 5.37. The Bertz CT molecular complexity index is 1590. The number of piperidine rings is 1. The van der Waals surface area contributed by atoms with Gasteiger partial charge in [-0.25, -0.2) is 9.37 Å². The number of aryl methyl sites for hydroxylation is 1. The number of fused-ring (bicyclic) bond motifs is 5. The Hall–Kier alpha value is -3.87. The summed E-state index contributed by atoms with van der Waals surface area (Å²) in [6.07, 6.45) is 5.46. The second-order valence-electron chi connectivity index (χ2n) is 8.84. The molecule has 0 spiro atoms. The molecule has 1 fully saturated rings. The molecule has 0 radical (unpaired) electrons. The molecule has 3 N–H and O–H groups in total. The molecule has 0 unspecified atom stereocenters. The first kappa shape index (κ1) is 19.8. The topological polar surface area (TPSA) is 85.0 Å². The maximum absolute atomic E-state index is 14.1. The lowest BCUT2D eigenvalue weighted by Crippen LogP contribution is -2.29.